The number of fused-ring (bicyclic) bond motifs is 1. The van der Waals surface area contributed by atoms with Gasteiger partial charge in [0.15, 0.2) is 0 Å². The number of carbonyl (C=O) groups excluding carboxylic acids is 1. The number of amides is 1. The van der Waals surface area contributed by atoms with Gasteiger partial charge in [-0.3, -0.25) is 23.6 Å². The van der Waals surface area contributed by atoms with Gasteiger partial charge in [-0.2, -0.15) is 0 Å². The predicted octanol–water partition coefficient (Wildman–Crippen LogP) is -0.177. The van der Waals surface area contributed by atoms with Gasteiger partial charge < -0.3 is 10.1 Å². The number of H-pyrrole nitrogens is 1. The van der Waals surface area contributed by atoms with Crippen molar-refractivity contribution in [1.82, 2.24) is 19.2 Å². The van der Waals surface area contributed by atoms with E-state index in [1.165, 1.54) is 17.8 Å². The van der Waals surface area contributed by atoms with Gasteiger partial charge in [0.2, 0.25) is 0 Å². The summed E-state index contributed by atoms with van der Waals surface area (Å²) in [5.41, 5.74) is -1.68. The maximum Gasteiger partial charge on any atom is 0.331 e. The third-order valence-corrected chi connectivity index (χ3v) is 4.19. The molecule has 25 heavy (non-hydrogen) atoms. The van der Waals surface area contributed by atoms with E-state index >= 15 is 0 Å². The number of carbonyl (C=O) groups is 1. The largest absolute Gasteiger partial charge is 0.386 e. The molecular weight excluding hydrogens is 328 g/mol. The molecule has 0 spiro atoms. The van der Waals surface area contributed by atoms with Gasteiger partial charge in [0.05, 0.1) is 17.4 Å². The molecule has 1 aliphatic rings. The van der Waals surface area contributed by atoms with E-state index in [4.69, 9.17) is 4.84 Å². The average molecular weight is 350 g/mol. The van der Waals surface area contributed by atoms with Crippen molar-refractivity contribution in [2.24, 2.45) is 13.0 Å². The molecule has 3 heterocycles. The highest BCUT2D eigenvalue weighted by Crippen LogP contribution is 2.21. The first kappa shape index (κ1) is 17.4. The number of aliphatic hydroxyl groups is 1. The molecule has 1 atom stereocenters. The lowest BCUT2D eigenvalue weighted by Gasteiger charge is -2.15. The van der Waals surface area contributed by atoms with E-state index in [9.17, 15) is 19.5 Å². The highest BCUT2D eigenvalue weighted by atomic mass is 16.7. The van der Waals surface area contributed by atoms with Crippen LogP contribution in [0.1, 0.15) is 31.3 Å². The number of hydroxylamine groups is 2. The van der Waals surface area contributed by atoms with Gasteiger partial charge in [0.1, 0.15) is 17.9 Å². The fourth-order valence-electron chi connectivity index (χ4n) is 2.96. The molecule has 1 saturated heterocycles. The number of hydrogen-bond donors (Lipinski definition) is 2. The first-order valence-electron chi connectivity index (χ1n) is 8.10. The molecule has 1 fully saturated rings. The molecular formula is C16H22N4O5. The van der Waals surface area contributed by atoms with Crippen molar-refractivity contribution in [2.45, 2.75) is 32.9 Å². The smallest absolute Gasteiger partial charge is 0.331 e. The van der Waals surface area contributed by atoms with E-state index in [-0.39, 0.29) is 30.1 Å². The quantitative estimate of drug-likeness (QED) is 0.798. The first-order valence-corrected chi connectivity index (χ1v) is 8.10. The Bertz CT molecular complexity index is 950. The second-order valence-corrected chi connectivity index (χ2v) is 7.19. The summed E-state index contributed by atoms with van der Waals surface area (Å²) in [6.45, 7) is 5.90. The molecule has 3 rings (SSSR count). The zero-order valence-electron chi connectivity index (χ0n) is 14.7. The zero-order valence-corrected chi connectivity index (χ0v) is 14.7. The Balaban J connectivity index is 2.16. The van der Waals surface area contributed by atoms with Gasteiger partial charge in [0.25, 0.3) is 11.5 Å². The summed E-state index contributed by atoms with van der Waals surface area (Å²) in [6.07, 6.45) is 1.49. The second kappa shape index (κ2) is 5.85. The van der Waals surface area contributed by atoms with Crippen LogP contribution in [-0.2, 0) is 18.4 Å². The molecule has 2 aromatic rings. The van der Waals surface area contributed by atoms with E-state index in [0.29, 0.717) is 12.1 Å². The van der Waals surface area contributed by atoms with Crippen molar-refractivity contribution >= 4 is 16.8 Å². The molecule has 1 amide bonds. The van der Waals surface area contributed by atoms with Gasteiger partial charge >= 0.3 is 5.69 Å². The Labute approximate surface area is 143 Å². The summed E-state index contributed by atoms with van der Waals surface area (Å²) in [6, 6.07) is 0. The molecule has 9 heteroatoms. The van der Waals surface area contributed by atoms with E-state index in [0.717, 1.165) is 9.63 Å². The van der Waals surface area contributed by atoms with Crippen LogP contribution in [0.15, 0.2) is 15.8 Å². The number of aromatic amines is 1. The number of hydrogen-bond acceptors (Lipinski definition) is 5. The number of aromatic nitrogens is 3. The number of nitrogens with one attached hydrogen (secondary N) is 1. The minimum atomic E-state index is -1.14. The summed E-state index contributed by atoms with van der Waals surface area (Å²) in [5.74, 6) is -0.371. The van der Waals surface area contributed by atoms with Crippen molar-refractivity contribution in [3.05, 3.63) is 32.7 Å². The summed E-state index contributed by atoms with van der Waals surface area (Å²) in [5, 5.41) is 11.1. The highest BCUT2D eigenvalue weighted by Gasteiger charge is 2.37. The molecule has 0 aliphatic carbocycles. The van der Waals surface area contributed by atoms with Crippen LogP contribution in [0.3, 0.4) is 0 Å². The summed E-state index contributed by atoms with van der Waals surface area (Å²) < 4.78 is 2.48. The molecule has 9 nitrogen and oxygen atoms in total. The van der Waals surface area contributed by atoms with E-state index in [1.807, 2.05) is 13.8 Å². The van der Waals surface area contributed by atoms with Gasteiger partial charge in [-0.25, -0.2) is 9.86 Å². The van der Waals surface area contributed by atoms with E-state index in [1.54, 1.807) is 6.92 Å². The molecule has 2 N–H and O–H groups in total. The van der Waals surface area contributed by atoms with Crippen LogP contribution in [-0.4, -0.2) is 48.9 Å². The predicted molar refractivity (Wildman–Crippen MR) is 90.3 cm³/mol. The number of nitrogens with zero attached hydrogens (tertiary/aromatic N) is 3. The van der Waals surface area contributed by atoms with Crippen LogP contribution >= 0.6 is 0 Å². The highest BCUT2D eigenvalue weighted by molar-refractivity contribution is 6.04. The van der Waals surface area contributed by atoms with Crippen LogP contribution in [0, 0.1) is 5.92 Å². The van der Waals surface area contributed by atoms with Crippen molar-refractivity contribution in [3.63, 3.8) is 0 Å². The lowest BCUT2D eigenvalue weighted by Crippen LogP contribution is -2.39. The maximum absolute atomic E-state index is 12.7. The monoisotopic (exact) mass is 350 g/mol. The Morgan fingerprint density at radius 3 is 2.68 bits per heavy atom. The molecule has 1 unspecified atom stereocenters. The van der Waals surface area contributed by atoms with Crippen LogP contribution in [0.4, 0.5) is 0 Å². The summed E-state index contributed by atoms with van der Waals surface area (Å²) >= 11 is 0. The minimum absolute atomic E-state index is 0.00169. The van der Waals surface area contributed by atoms with Gasteiger partial charge in [-0.15, -0.1) is 0 Å². The second-order valence-electron chi connectivity index (χ2n) is 7.19. The topological polar surface area (TPSA) is 110 Å². The number of β-amino-alcohol motifs (C(OH)–C–C–N with tert-alkyl or cyclic N) is 1. The lowest BCUT2D eigenvalue weighted by atomic mass is 10.1. The first-order chi connectivity index (χ1) is 11.6. The standard InChI is InChI=1S/C16H22N4O5/c1-9(2)6-19-10-5-17-12(11(10)13(21)18(4)15(19)23)14(22)20-7-16(3,24)8-25-20/h5,9,17,24H,6-8H2,1-4H3. The van der Waals surface area contributed by atoms with E-state index < -0.39 is 22.8 Å². The third-order valence-electron chi connectivity index (χ3n) is 4.19. The fraction of sp³-hybridized carbons (Fsp3) is 0.562. The maximum atomic E-state index is 12.7. The zero-order chi connectivity index (χ0) is 18.5. The summed E-state index contributed by atoms with van der Waals surface area (Å²) in [4.78, 5) is 45.7. The van der Waals surface area contributed by atoms with Crippen LogP contribution in [0.25, 0.3) is 10.9 Å². The normalized spacial score (nSPS) is 20.8. The Hall–Kier alpha value is -2.39. The molecule has 0 radical (unpaired) electrons. The molecule has 0 bridgehead atoms. The van der Waals surface area contributed by atoms with Crippen molar-refractivity contribution in [2.75, 3.05) is 13.2 Å². The molecule has 0 aromatic carbocycles. The number of rotatable bonds is 3. The van der Waals surface area contributed by atoms with Gasteiger partial charge in [-0.1, -0.05) is 13.8 Å². The molecule has 0 saturated carbocycles. The van der Waals surface area contributed by atoms with Gasteiger partial charge in [0, 0.05) is 19.8 Å². The Kier molecular flexibility index (Phi) is 4.08. The Morgan fingerprint density at radius 1 is 1.44 bits per heavy atom. The molecule has 136 valence electrons. The average Bonchev–Trinajstić information content (AvgIpc) is 3.12. The van der Waals surface area contributed by atoms with Crippen molar-refractivity contribution in [3.8, 4) is 0 Å². The lowest BCUT2D eigenvalue weighted by molar-refractivity contribution is -0.0799. The SMILES string of the molecule is CC(C)Cn1c(=O)n(C)c(=O)c2c(C(=O)N3CC(C)(O)CO3)[nH]cc21. The molecule has 1 aliphatic heterocycles. The minimum Gasteiger partial charge on any atom is -0.386 e. The van der Waals surface area contributed by atoms with E-state index in [2.05, 4.69) is 4.98 Å². The van der Waals surface area contributed by atoms with Crippen LogP contribution < -0.4 is 11.2 Å². The fourth-order valence-corrected chi connectivity index (χ4v) is 2.96. The third kappa shape index (κ3) is 2.89. The van der Waals surface area contributed by atoms with Crippen LogP contribution in [0.2, 0.25) is 0 Å². The summed E-state index contributed by atoms with van der Waals surface area (Å²) in [7, 11) is 1.39. The molecule has 2 aromatic heterocycles. The van der Waals surface area contributed by atoms with Crippen molar-refractivity contribution < 1.29 is 14.7 Å². The van der Waals surface area contributed by atoms with Crippen molar-refractivity contribution in [1.29, 1.82) is 0 Å². The van der Waals surface area contributed by atoms with Crippen LogP contribution in [0.5, 0.6) is 0 Å². The van der Waals surface area contributed by atoms with Gasteiger partial charge in [-0.05, 0) is 12.8 Å². The Morgan fingerprint density at radius 2 is 2.12 bits per heavy atom.